The quantitative estimate of drug-likeness (QED) is 0.604. The number of hydrogen-bond donors (Lipinski definition) is 1. The number of likely N-dealkylation sites (N-methyl/N-ethyl adjacent to an activating group) is 1. The lowest BCUT2D eigenvalue weighted by molar-refractivity contribution is 0.221. The largest absolute Gasteiger partial charge is 0.330 e. The molecule has 0 heterocycles. The fourth-order valence-electron chi connectivity index (χ4n) is 1.00. The van der Waals surface area contributed by atoms with Crippen molar-refractivity contribution in [1.29, 1.82) is 0 Å². The molecule has 2 N–H and O–H groups in total. The van der Waals surface area contributed by atoms with Gasteiger partial charge in [-0.1, -0.05) is 13.0 Å². The van der Waals surface area contributed by atoms with Gasteiger partial charge in [-0.25, -0.2) is 0 Å². The smallest absolute Gasteiger partial charge is 0.0160 e. The van der Waals surface area contributed by atoms with Crippen molar-refractivity contribution in [3.8, 4) is 0 Å². The van der Waals surface area contributed by atoms with Crippen molar-refractivity contribution in [2.45, 2.75) is 19.9 Å². The van der Waals surface area contributed by atoms with E-state index in [1.165, 1.54) is 0 Å². The van der Waals surface area contributed by atoms with Gasteiger partial charge in [-0.2, -0.15) is 0 Å². The van der Waals surface area contributed by atoms with Crippen molar-refractivity contribution in [3.05, 3.63) is 12.7 Å². The molecule has 0 spiro atoms. The van der Waals surface area contributed by atoms with E-state index in [1.807, 2.05) is 6.08 Å². The molecular formula is C9H20N2. The molecule has 0 aromatic rings. The average molecular weight is 156 g/mol. The zero-order valence-corrected chi connectivity index (χ0v) is 7.88. The Kier molecular flexibility index (Phi) is 5.16. The van der Waals surface area contributed by atoms with Crippen molar-refractivity contribution in [2.75, 3.05) is 20.1 Å². The highest BCUT2D eigenvalue weighted by Crippen LogP contribution is 2.06. The van der Waals surface area contributed by atoms with Crippen LogP contribution in [0, 0.1) is 5.92 Å². The van der Waals surface area contributed by atoms with Crippen molar-refractivity contribution >= 4 is 0 Å². The number of hydrogen-bond acceptors (Lipinski definition) is 2. The van der Waals surface area contributed by atoms with Gasteiger partial charge < -0.3 is 5.73 Å². The standard InChI is InChI=1S/C9H20N2/c1-5-6-11(4)9(3)8(2)7-10/h5,8-9H,1,6-7,10H2,2-4H3. The maximum atomic E-state index is 5.55. The molecule has 2 atom stereocenters. The molecule has 2 unspecified atom stereocenters. The van der Waals surface area contributed by atoms with Crippen LogP contribution < -0.4 is 5.73 Å². The summed E-state index contributed by atoms with van der Waals surface area (Å²) in [5, 5.41) is 0. The molecule has 0 bridgehead atoms. The van der Waals surface area contributed by atoms with Crippen LogP contribution in [0.15, 0.2) is 12.7 Å². The Balaban J connectivity index is 3.79. The molecule has 0 saturated carbocycles. The molecule has 2 nitrogen and oxygen atoms in total. The Morgan fingerprint density at radius 2 is 2.09 bits per heavy atom. The van der Waals surface area contributed by atoms with Gasteiger partial charge in [-0.3, -0.25) is 4.90 Å². The molecule has 66 valence electrons. The van der Waals surface area contributed by atoms with Crippen LogP contribution in [0.1, 0.15) is 13.8 Å². The van der Waals surface area contributed by atoms with Crippen LogP contribution in [0.4, 0.5) is 0 Å². The summed E-state index contributed by atoms with van der Waals surface area (Å²) >= 11 is 0. The Labute approximate surface area is 70.1 Å². The van der Waals surface area contributed by atoms with Gasteiger partial charge in [-0.05, 0) is 26.4 Å². The van der Waals surface area contributed by atoms with Crippen LogP contribution in [-0.2, 0) is 0 Å². The zero-order chi connectivity index (χ0) is 8.85. The normalized spacial score (nSPS) is 16.5. The van der Waals surface area contributed by atoms with Crippen LogP contribution in [0.3, 0.4) is 0 Å². The van der Waals surface area contributed by atoms with Gasteiger partial charge in [0.15, 0.2) is 0 Å². The molecule has 0 aliphatic carbocycles. The summed E-state index contributed by atoms with van der Waals surface area (Å²) in [7, 11) is 2.10. The van der Waals surface area contributed by atoms with E-state index in [0.717, 1.165) is 13.1 Å². The highest BCUT2D eigenvalue weighted by molar-refractivity contribution is 4.77. The second-order valence-electron chi connectivity index (χ2n) is 3.18. The summed E-state index contributed by atoms with van der Waals surface area (Å²) in [6.45, 7) is 9.75. The van der Waals surface area contributed by atoms with Crippen LogP contribution in [0.2, 0.25) is 0 Å². The molecule has 0 aromatic heterocycles. The lowest BCUT2D eigenvalue weighted by Crippen LogP contribution is -2.37. The van der Waals surface area contributed by atoms with Gasteiger partial charge in [0.1, 0.15) is 0 Å². The monoisotopic (exact) mass is 156 g/mol. The van der Waals surface area contributed by atoms with Crippen molar-refractivity contribution in [2.24, 2.45) is 11.7 Å². The van der Waals surface area contributed by atoms with E-state index >= 15 is 0 Å². The highest BCUT2D eigenvalue weighted by atomic mass is 15.1. The Morgan fingerprint density at radius 1 is 1.55 bits per heavy atom. The summed E-state index contributed by atoms with van der Waals surface area (Å²) in [6, 6.07) is 0.540. The number of nitrogens with zero attached hydrogens (tertiary/aromatic N) is 1. The second-order valence-corrected chi connectivity index (χ2v) is 3.18. The van der Waals surface area contributed by atoms with E-state index in [4.69, 9.17) is 5.73 Å². The third-order valence-corrected chi connectivity index (χ3v) is 2.31. The molecule has 11 heavy (non-hydrogen) atoms. The van der Waals surface area contributed by atoms with E-state index in [-0.39, 0.29) is 0 Å². The first kappa shape index (κ1) is 10.7. The van der Waals surface area contributed by atoms with E-state index in [0.29, 0.717) is 12.0 Å². The predicted octanol–water partition coefficient (Wildman–Crippen LogP) is 1.09. The van der Waals surface area contributed by atoms with Crippen LogP contribution in [-0.4, -0.2) is 31.1 Å². The number of rotatable bonds is 5. The van der Waals surface area contributed by atoms with Crippen LogP contribution >= 0.6 is 0 Å². The molecule has 0 aliphatic heterocycles. The molecular weight excluding hydrogens is 136 g/mol. The third kappa shape index (κ3) is 3.54. The van der Waals surface area contributed by atoms with Crippen molar-refractivity contribution in [1.82, 2.24) is 4.90 Å². The minimum Gasteiger partial charge on any atom is -0.330 e. The molecule has 0 aromatic carbocycles. The average Bonchev–Trinajstić information content (AvgIpc) is 2.02. The second kappa shape index (κ2) is 5.33. The summed E-state index contributed by atoms with van der Waals surface area (Å²) in [5.74, 6) is 0.556. The molecule has 0 aliphatic rings. The molecule has 0 amide bonds. The fraction of sp³-hybridized carbons (Fsp3) is 0.778. The van der Waals surface area contributed by atoms with Gasteiger partial charge >= 0.3 is 0 Å². The lowest BCUT2D eigenvalue weighted by atomic mass is 10.0. The summed E-state index contributed by atoms with van der Waals surface area (Å²) in [4.78, 5) is 2.25. The van der Waals surface area contributed by atoms with Gasteiger partial charge in [0.2, 0.25) is 0 Å². The third-order valence-electron chi connectivity index (χ3n) is 2.31. The maximum absolute atomic E-state index is 5.55. The lowest BCUT2D eigenvalue weighted by Gasteiger charge is -2.27. The van der Waals surface area contributed by atoms with Gasteiger partial charge in [0.05, 0.1) is 0 Å². The topological polar surface area (TPSA) is 29.3 Å². The Morgan fingerprint density at radius 3 is 2.45 bits per heavy atom. The molecule has 0 fully saturated rings. The molecule has 0 rings (SSSR count). The van der Waals surface area contributed by atoms with Gasteiger partial charge in [-0.15, -0.1) is 6.58 Å². The van der Waals surface area contributed by atoms with Gasteiger partial charge in [0, 0.05) is 12.6 Å². The van der Waals surface area contributed by atoms with E-state index in [1.54, 1.807) is 0 Å². The van der Waals surface area contributed by atoms with Crippen LogP contribution in [0.25, 0.3) is 0 Å². The van der Waals surface area contributed by atoms with Crippen LogP contribution in [0.5, 0.6) is 0 Å². The maximum Gasteiger partial charge on any atom is 0.0160 e. The first-order chi connectivity index (χ1) is 5.13. The highest BCUT2D eigenvalue weighted by Gasteiger charge is 2.13. The summed E-state index contributed by atoms with van der Waals surface area (Å²) in [6.07, 6.45) is 1.92. The first-order valence-electron chi connectivity index (χ1n) is 4.14. The predicted molar refractivity (Wildman–Crippen MR) is 50.5 cm³/mol. The summed E-state index contributed by atoms with van der Waals surface area (Å²) in [5.41, 5.74) is 5.55. The minimum atomic E-state index is 0.540. The molecule has 2 heteroatoms. The Hall–Kier alpha value is -0.340. The minimum absolute atomic E-state index is 0.540. The fourth-order valence-corrected chi connectivity index (χ4v) is 1.00. The zero-order valence-electron chi connectivity index (χ0n) is 7.88. The van der Waals surface area contributed by atoms with E-state index in [9.17, 15) is 0 Å². The summed E-state index contributed by atoms with van der Waals surface area (Å²) < 4.78 is 0. The van der Waals surface area contributed by atoms with Crippen molar-refractivity contribution < 1.29 is 0 Å². The van der Waals surface area contributed by atoms with Crippen molar-refractivity contribution in [3.63, 3.8) is 0 Å². The van der Waals surface area contributed by atoms with E-state index in [2.05, 4.69) is 32.4 Å². The first-order valence-corrected chi connectivity index (χ1v) is 4.14. The molecule has 0 radical (unpaired) electrons. The van der Waals surface area contributed by atoms with Gasteiger partial charge in [0.25, 0.3) is 0 Å². The van der Waals surface area contributed by atoms with E-state index < -0.39 is 0 Å². The molecule has 0 saturated heterocycles. The number of nitrogens with two attached hydrogens (primary N) is 1. The Bertz CT molecular complexity index is 112. The SMILES string of the molecule is C=CCN(C)C(C)C(C)CN.